The summed E-state index contributed by atoms with van der Waals surface area (Å²) in [5.41, 5.74) is 1.000. The highest BCUT2D eigenvalue weighted by molar-refractivity contribution is 7.90. The van der Waals surface area contributed by atoms with E-state index in [1.165, 1.54) is 0 Å². The molecule has 0 N–H and O–H groups in total. The second-order valence-corrected chi connectivity index (χ2v) is 9.13. The molecule has 3 aliphatic rings. The van der Waals surface area contributed by atoms with Gasteiger partial charge >= 0.3 is 0 Å². The number of fused-ring (bicyclic) bond motifs is 1. The molecule has 8 nitrogen and oxygen atoms in total. The number of hydrogen-bond acceptors (Lipinski definition) is 5. The average Bonchev–Trinajstić information content (AvgIpc) is 2.72. The zero-order valence-electron chi connectivity index (χ0n) is 15.5. The molecule has 2 amide bonds. The predicted octanol–water partition coefficient (Wildman–Crippen LogP) is 1.12. The van der Waals surface area contributed by atoms with Gasteiger partial charge in [0.2, 0.25) is 0 Å². The lowest BCUT2D eigenvalue weighted by Gasteiger charge is -2.36. The quantitative estimate of drug-likeness (QED) is 0.695. The number of rotatable bonds is 2. The summed E-state index contributed by atoms with van der Waals surface area (Å²) in [6, 6.07) is 6.81. The molecule has 1 aromatic rings. The van der Waals surface area contributed by atoms with Crippen molar-refractivity contribution in [1.29, 1.82) is 0 Å². The Bertz CT molecular complexity index is 1060. The monoisotopic (exact) mass is 434 g/mol. The first-order valence-electron chi connectivity index (χ1n) is 9.16. The van der Waals surface area contributed by atoms with Gasteiger partial charge in [-0.15, -0.1) is 4.40 Å². The summed E-state index contributed by atoms with van der Waals surface area (Å²) in [4.78, 5) is 30.5. The molecule has 0 aliphatic carbocycles. The van der Waals surface area contributed by atoms with Crippen LogP contribution >= 0.6 is 11.6 Å². The molecule has 0 unspecified atom stereocenters. The van der Waals surface area contributed by atoms with Gasteiger partial charge in [-0.05, 0) is 30.4 Å². The van der Waals surface area contributed by atoms with Crippen LogP contribution in [0.5, 0.6) is 0 Å². The maximum atomic E-state index is 12.8. The lowest BCUT2D eigenvalue weighted by Crippen LogP contribution is -2.51. The van der Waals surface area contributed by atoms with Crippen molar-refractivity contribution < 1.29 is 18.0 Å². The van der Waals surface area contributed by atoms with Gasteiger partial charge in [-0.3, -0.25) is 9.59 Å². The Kier molecular flexibility index (Phi) is 5.18. The first-order chi connectivity index (χ1) is 13.8. The highest BCUT2D eigenvalue weighted by Crippen LogP contribution is 2.19. The average molecular weight is 435 g/mol. The predicted molar refractivity (Wildman–Crippen MR) is 109 cm³/mol. The molecule has 10 heteroatoms. The minimum absolute atomic E-state index is 0.0768. The topological polar surface area (TPSA) is 90.4 Å². The molecule has 0 saturated carbocycles. The molecule has 0 radical (unpaired) electrons. The number of nitrogens with zero attached hydrogens (tertiary/aromatic N) is 4. The molecule has 3 aliphatic heterocycles. The Hall–Kier alpha value is -2.65. The van der Waals surface area contributed by atoms with Crippen molar-refractivity contribution >= 4 is 39.3 Å². The number of amides is 2. The van der Waals surface area contributed by atoms with Crippen molar-refractivity contribution in [3.63, 3.8) is 0 Å². The normalized spacial score (nSPS) is 20.7. The van der Waals surface area contributed by atoms with E-state index in [0.717, 1.165) is 0 Å². The minimum atomic E-state index is -3.43. The van der Waals surface area contributed by atoms with Crippen molar-refractivity contribution in [2.75, 3.05) is 38.5 Å². The minimum Gasteiger partial charge on any atom is -0.335 e. The second-order valence-electron chi connectivity index (χ2n) is 6.94. The summed E-state index contributed by atoms with van der Waals surface area (Å²) in [5.74, 6) is -0.00727. The van der Waals surface area contributed by atoms with Gasteiger partial charge in [0.15, 0.2) is 0 Å². The van der Waals surface area contributed by atoms with Crippen LogP contribution in [-0.4, -0.2) is 79.2 Å². The third kappa shape index (κ3) is 4.20. The summed E-state index contributed by atoms with van der Waals surface area (Å²) in [6.45, 7) is 1.98. The first-order valence-corrected chi connectivity index (χ1v) is 11.1. The molecule has 0 atom stereocenters. The van der Waals surface area contributed by atoms with E-state index in [9.17, 15) is 18.0 Å². The Morgan fingerprint density at radius 1 is 0.966 bits per heavy atom. The fraction of sp³-hybridized carbons (Fsp3) is 0.316. The van der Waals surface area contributed by atoms with Gasteiger partial charge in [0, 0.05) is 49.5 Å². The van der Waals surface area contributed by atoms with E-state index in [-0.39, 0.29) is 24.1 Å². The van der Waals surface area contributed by atoms with Crippen LogP contribution in [0.25, 0.3) is 0 Å². The summed E-state index contributed by atoms with van der Waals surface area (Å²) in [5, 5.41) is 0.508. The summed E-state index contributed by atoms with van der Waals surface area (Å²) in [7, 11) is -3.43. The molecule has 152 valence electrons. The number of halogens is 1. The third-order valence-electron chi connectivity index (χ3n) is 5.00. The van der Waals surface area contributed by atoms with Crippen LogP contribution in [0.3, 0.4) is 0 Å². The van der Waals surface area contributed by atoms with Crippen molar-refractivity contribution in [1.82, 2.24) is 14.7 Å². The number of carbonyl (C=O) groups is 2. The van der Waals surface area contributed by atoms with Gasteiger partial charge < -0.3 is 14.7 Å². The summed E-state index contributed by atoms with van der Waals surface area (Å²) in [6.07, 6.45) is 4.77. The molecule has 3 heterocycles. The molecule has 1 fully saturated rings. The Labute approximate surface area is 173 Å². The zero-order valence-corrected chi connectivity index (χ0v) is 17.1. The second kappa shape index (κ2) is 7.64. The van der Waals surface area contributed by atoms with E-state index < -0.39 is 10.0 Å². The van der Waals surface area contributed by atoms with E-state index in [2.05, 4.69) is 4.40 Å². The van der Waals surface area contributed by atoms with Gasteiger partial charge in [-0.25, -0.2) is 8.42 Å². The maximum Gasteiger partial charge on any atom is 0.256 e. The van der Waals surface area contributed by atoms with Gasteiger partial charge in [-0.1, -0.05) is 17.7 Å². The SMILES string of the molecule is O=C(C1=CN2CCS(=O)(=O)N=C2C=C1)N1CCN(C(=O)c2cccc(Cl)c2)CC1. The van der Waals surface area contributed by atoms with E-state index in [1.54, 1.807) is 57.3 Å². The standard InChI is InChI=1S/C19H19ClN4O4S/c20-16-3-1-2-14(12-16)18(25)22-6-8-23(9-7-22)19(26)15-4-5-17-21-29(27,28)11-10-24(17)13-15/h1-5,12-13H,6-11H2. The number of carbonyl (C=O) groups excluding carboxylic acids is 2. The fourth-order valence-electron chi connectivity index (χ4n) is 3.43. The maximum absolute atomic E-state index is 12.8. The zero-order chi connectivity index (χ0) is 20.6. The van der Waals surface area contributed by atoms with Gasteiger partial charge in [0.05, 0.1) is 11.3 Å². The molecule has 1 aromatic carbocycles. The Morgan fingerprint density at radius 3 is 2.34 bits per heavy atom. The van der Waals surface area contributed by atoms with E-state index in [4.69, 9.17) is 11.6 Å². The van der Waals surface area contributed by atoms with Crippen LogP contribution in [0.2, 0.25) is 5.02 Å². The summed E-state index contributed by atoms with van der Waals surface area (Å²) < 4.78 is 26.9. The van der Waals surface area contributed by atoms with E-state index in [1.807, 2.05) is 0 Å². The highest BCUT2D eigenvalue weighted by atomic mass is 35.5. The van der Waals surface area contributed by atoms with E-state index >= 15 is 0 Å². The van der Waals surface area contributed by atoms with Crippen LogP contribution in [0, 0.1) is 0 Å². The smallest absolute Gasteiger partial charge is 0.256 e. The van der Waals surface area contributed by atoms with Crippen LogP contribution in [-0.2, 0) is 14.8 Å². The highest BCUT2D eigenvalue weighted by Gasteiger charge is 2.29. The lowest BCUT2D eigenvalue weighted by molar-refractivity contribution is -0.128. The molecule has 1 saturated heterocycles. The number of amidine groups is 1. The third-order valence-corrected chi connectivity index (χ3v) is 6.40. The molecule has 4 rings (SSSR count). The summed E-state index contributed by atoms with van der Waals surface area (Å²) >= 11 is 5.96. The van der Waals surface area contributed by atoms with Crippen LogP contribution in [0.15, 0.2) is 52.6 Å². The van der Waals surface area contributed by atoms with Crippen LogP contribution in [0.1, 0.15) is 10.4 Å². The fourth-order valence-corrected chi connectivity index (χ4v) is 4.59. The molecule has 29 heavy (non-hydrogen) atoms. The first kappa shape index (κ1) is 19.7. The van der Waals surface area contributed by atoms with Crippen molar-refractivity contribution in [3.05, 3.63) is 58.8 Å². The Balaban J connectivity index is 1.39. The van der Waals surface area contributed by atoms with Gasteiger partial charge in [0.25, 0.3) is 21.8 Å². The molecular formula is C19H19ClN4O4S. The number of benzene rings is 1. The molecular weight excluding hydrogens is 416 g/mol. The Morgan fingerprint density at radius 2 is 1.66 bits per heavy atom. The molecule has 0 aromatic heterocycles. The van der Waals surface area contributed by atoms with Crippen LogP contribution < -0.4 is 0 Å². The number of piperazine rings is 1. The van der Waals surface area contributed by atoms with E-state index in [0.29, 0.717) is 48.2 Å². The van der Waals surface area contributed by atoms with Crippen molar-refractivity contribution in [2.45, 2.75) is 0 Å². The van der Waals surface area contributed by atoms with Crippen molar-refractivity contribution in [3.8, 4) is 0 Å². The molecule has 0 bridgehead atoms. The largest absolute Gasteiger partial charge is 0.335 e. The molecule has 0 spiro atoms. The van der Waals surface area contributed by atoms with Crippen molar-refractivity contribution in [2.24, 2.45) is 4.40 Å². The number of hydrogen-bond donors (Lipinski definition) is 0. The number of sulfonamides is 1. The van der Waals surface area contributed by atoms with Gasteiger partial charge in [0.1, 0.15) is 5.84 Å². The van der Waals surface area contributed by atoms with Crippen LogP contribution in [0.4, 0.5) is 0 Å². The van der Waals surface area contributed by atoms with Gasteiger partial charge in [-0.2, -0.15) is 0 Å². The lowest BCUT2D eigenvalue weighted by atomic mass is 10.1.